The van der Waals surface area contributed by atoms with Gasteiger partial charge in [-0.15, -0.1) is 0 Å². The van der Waals surface area contributed by atoms with E-state index in [0.717, 1.165) is 6.07 Å². The summed E-state index contributed by atoms with van der Waals surface area (Å²) < 4.78 is 62.6. The van der Waals surface area contributed by atoms with Crippen LogP contribution < -0.4 is 10.1 Å². The standard InChI is InChI=1S/C23H37F3N2O5Si/c1-21(2,3)33-20(29)28-18-15-10-11-17(23(24,25)26)27-19(15)32-16(18)12-14(30-7)13-31-34(8,9)22(4,5)6/h10-11,14,16,18H,12-13H2,1-9H3,(H,28,29)/t14-,16-,18-/m1/s1. The van der Waals surface area contributed by atoms with E-state index < -0.39 is 50.1 Å². The zero-order valence-corrected chi connectivity index (χ0v) is 22.4. The van der Waals surface area contributed by atoms with E-state index in [0.29, 0.717) is 12.2 Å². The Hall–Kier alpha value is -1.85. The fourth-order valence-electron chi connectivity index (χ4n) is 3.15. The van der Waals surface area contributed by atoms with E-state index in [2.05, 4.69) is 44.2 Å². The summed E-state index contributed by atoms with van der Waals surface area (Å²) in [6, 6.07) is 1.40. The van der Waals surface area contributed by atoms with E-state index in [9.17, 15) is 18.0 Å². The lowest BCUT2D eigenvalue weighted by molar-refractivity contribution is -0.141. The number of hydrogen-bond acceptors (Lipinski definition) is 6. The zero-order valence-electron chi connectivity index (χ0n) is 21.4. The van der Waals surface area contributed by atoms with E-state index in [1.165, 1.54) is 13.2 Å². The topological polar surface area (TPSA) is 78.9 Å². The van der Waals surface area contributed by atoms with Crippen molar-refractivity contribution in [2.75, 3.05) is 13.7 Å². The number of alkyl carbamates (subject to hydrolysis) is 1. The molecule has 3 atom stereocenters. The highest BCUT2D eigenvalue weighted by atomic mass is 28.4. The number of halogens is 3. The molecule has 0 aliphatic carbocycles. The first-order valence-corrected chi connectivity index (χ1v) is 14.2. The molecular formula is C23H37F3N2O5Si. The molecule has 0 bridgehead atoms. The lowest BCUT2D eigenvalue weighted by Crippen LogP contribution is -2.44. The molecule has 1 amide bonds. The number of ether oxygens (including phenoxy) is 3. The largest absolute Gasteiger partial charge is 0.471 e. The Bertz CT molecular complexity index is 866. The molecule has 1 aromatic heterocycles. The number of carbonyl (C=O) groups is 1. The molecule has 1 aliphatic heterocycles. The lowest BCUT2D eigenvalue weighted by Gasteiger charge is -2.37. The normalized spacial score (nSPS) is 19.9. The summed E-state index contributed by atoms with van der Waals surface area (Å²) in [7, 11) is -0.510. The van der Waals surface area contributed by atoms with E-state index >= 15 is 0 Å². The molecule has 194 valence electrons. The molecular weight excluding hydrogens is 469 g/mol. The molecule has 0 radical (unpaired) electrons. The van der Waals surface area contributed by atoms with Crippen molar-refractivity contribution in [3.63, 3.8) is 0 Å². The van der Waals surface area contributed by atoms with Gasteiger partial charge in [-0.05, 0) is 51.0 Å². The Morgan fingerprint density at radius 3 is 2.29 bits per heavy atom. The first-order valence-electron chi connectivity index (χ1n) is 11.2. The van der Waals surface area contributed by atoms with Crippen molar-refractivity contribution in [3.8, 4) is 5.88 Å². The van der Waals surface area contributed by atoms with Crippen molar-refractivity contribution in [3.05, 3.63) is 23.4 Å². The Balaban J connectivity index is 2.25. The number of fused-ring (bicyclic) bond motifs is 1. The first kappa shape index (κ1) is 28.4. The minimum atomic E-state index is -4.61. The second-order valence-corrected chi connectivity index (χ2v) is 15.8. The van der Waals surface area contributed by atoms with Gasteiger partial charge < -0.3 is 24.0 Å². The van der Waals surface area contributed by atoms with Crippen molar-refractivity contribution >= 4 is 14.4 Å². The Morgan fingerprint density at radius 2 is 1.79 bits per heavy atom. The quantitative estimate of drug-likeness (QED) is 0.467. The number of aromatic nitrogens is 1. The number of pyridine rings is 1. The smallest absolute Gasteiger partial charge is 0.433 e. The number of hydrogen-bond donors (Lipinski definition) is 1. The van der Waals surface area contributed by atoms with Crippen molar-refractivity contribution in [2.24, 2.45) is 0 Å². The number of alkyl halides is 3. The van der Waals surface area contributed by atoms with Gasteiger partial charge in [0.2, 0.25) is 5.88 Å². The lowest BCUT2D eigenvalue weighted by atomic mass is 10.0. The van der Waals surface area contributed by atoms with E-state index in [1.54, 1.807) is 20.8 Å². The van der Waals surface area contributed by atoms with Gasteiger partial charge in [0.25, 0.3) is 0 Å². The monoisotopic (exact) mass is 506 g/mol. The van der Waals surface area contributed by atoms with Crippen LogP contribution in [0.3, 0.4) is 0 Å². The van der Waals surface area contributed by atoms with Crippen LogP contribution in [-0.2, 0) is 20.1 Å². The summed E-state index contributed by atoms with van der Waals surface area (Å²) >= 11 is 0. The van der Waals surface area contributed by atoms with Crippen molar-refractivity contribution in [1.82, 2.24) is 10.3 Å². The van der Waals surface area contributed by atoms with Crippen LogP contribution in [0, 0.1) is 0 Å². The highest BCUT2D eigenvalue weighted by molar-refractivity contribution is 6.74. The van der Waals surface area contributed by atoms with Gasteiger partial charge in [-0.2, -0.15) is 13.2 Å². The van der Waals surface area contributed by atoms with Gasteiger partial charge in [0, 0.05) is 19.1 Å². The van der Waals surface area contributed by atoms with Crippen LogP contribution in [0.2, 0.25) is 18.1 Å². The van der Waals surface area contributed by atoms with Gasteiger partial charge in [0.05, 0.1) is 18.8 Å². The predicted octanol–water partition coefficient (Wildman–Crippen LogP) is 5.85. The molecule has 0 aromatic carbocycles. The fraction of sp³-hybridized carbons (Fsp3) is 0.739. The summed E-state index contributed by atoms with van der Waals surface area (Å²) in [5.74, 6) is -0.166. The maximum absolute atomic E-state index is 13.2. The van der Waals surface area contributed by atoms with Gasteiger partial charge in [-0.3, -0.25) is 0 Å². The van der Waals surface area contributed by atoms with Gasteiger partial charge >= 0.3 is 12.3 Å². The molecule has 34 heavy (non-hydrogen) atoms. The van der Waals surface area contributed by atoms with E-state index in [1.807, 2.05) is 0 Å². The Morgan fingerprint density at radius 1 is 1.18 bits per heavy atom. The summed E-state index contributed by atoms with van der Waals surface area (Å²) in [5, 5.41) is 2.73. The number of rotatable bonds is 7. The Labute approximate surface area is 200 Å². The van der Waals surface area contributed by atoms with Gasteiger partial charge in [0.1, 0.15) is 17.4 Å². The maximum atomic E-state index is 13.2. The van der Waals surface area contributed by atoms with Crippen molar-refractivity contribution in [2.45, 2.75) is 96.1 Å². The van der Waals surface area contributed by atoms with Crippen LogP contribution in [0.25, 0.3) is 0 Å². The highest BCUT2D eigenvalue weighted by Crippen LogP contribution is 2.41. The second-order valence-electron chi connectivity index (χ2n) is 11.0. The number of methoxy groups -OCH3 is 1. The molecule has 7 nitrogen and oxygen atoms in total. The van der Waals surface area contributed by atoms with E-state index in [-0.39, 0.29) is 17.3 Å². The summed E-state index contributed by atoms with van der Waals surface area (Å²) in [6.45, 7) is 16.1. The SMILES string of the molecule is CO[C@@H](CO[Si](C)(C)C(C)(C)C)C[C@H]1Oc2nc(C(F)(F)F)ccc2[C@H]1NC(=O)OC(C)(C)C. The summed E-state index contributed by atoms with van der Waals surface area (Å²) in [4.78, 5) is 16.1. The fourth-order valence-corrected chi connectivity index (χ4v) is 4.19. The molecule has 0 saturated carbocycles. The average molecular weight is 507 g/mol. The maximum Gasteiger partial charge on any atom is 0.433 e. The van der Waals surface area contributed by atoms with Gasteiger partial charge in [-0.25, -0.2) is 9.78 Å². The molecule has 1 aromatic rings. The molecule has 2 heterocycles. The van der Waals surface area contributed by atoms with Crippen molar-refractivity contribution < 1.29 is 36.6 Å². The van der Waals surface area contributed by atoms with Crippen LogP contribution in [-0.4, -0.2) is 50.9 Å². The minimum Gasteiger partial charge on any atom is -0.471 e. The predicted molar refractivity (Wildman–Crippen MR) is 124 cm³/mol. The van der Waals surface area contributed by atoms with E-state index in [4.69, 9.17) is 18.6 Å². The number of nitrogens with zero attached hydrogens (tertiary/aromatic N) is 1. The third-order valence-electron chi connectivity index (χ3n) is 6.09. The summed E-state index contributed by atoms with van der Waals surface area (Å²) in [6.07, 6.45) is -6.17. The van der Waals surface area contributed by atoms with Crippen molar-refractivity contribution in [1.29, 1.82) is 0 Å². The first-order chi connectivity index (χ1) is 15.3. The van der Waals surface area contributed by atoms with Crippen LogP contribution in [0.4, 0.5) is 18.0 Å². The Kier molecular flexibility index (Phi) is 8.37. The number of carbonyl (C=O) groups excluding carboxylic acids is 1. The summed E-state index contributed by atoms with van der Waals surface area (Å²) in [5.41, 5.74) is -1.46. The molecule has 0 spiro atoms. The highest BCUT2D eigenvalue weighted by Gasteiger charge is 2.43. The molecule has 1 N–H and O–H groups in total. The molecule has 1 aliphatic rings. The molecule has 11 heteroatoms. The molecule has 0 unspecified atom stereocenters. The van der Waals surface area contributed by atoms with Gasteiger partial charge in [0.15, 0.2) is 8.32 Å². The van der Waals surface area contributed by atoms with Crippen LogP contribution in [0.15, 0.2) is 12.1 Å². The third kappa shape index (κ3) is 7.32. The molecule has 0 fully saturated rings. The number of nitrogens with one attached hydrogen (secondary N) is 1. The van der Waals surface area contributed by atoms with Crippen LogP contribution in [0.1, 0.15) is 65.3 Å². The average Bonchev–Trinajstić information content (AvgIpc) is 2.98. The van der Waals surface area contributed by atoms with Gasteiger partial charge in [-0.1, -0.05) is 20.8 Å². The number of amides is 1. The van der Waals surface area contributed by atoms with Crippen LogP contribution >= 0.6 is 0 Å². The second kappa shape index (κ2) is 10.0. The van der Waals surface area contributed by atoms with Crippen LogP contribution in [0.5, 0.6) is 5.88 Å². The minimum absolute atomic E-state index is 0.00407. The molecule has 0 saturated heterocycles. The zero-order chi connectivity index (χ0) is 26.1. The third-order valence-corrected chi connectivity index (χ3v) is 10.6. The molecule has 2 rings (SSSR count).